The Labute approximate surface area is 141 Å². The van der Waals surface area contributed by atoms with Gasteiger partial charge in [-0.15, -0.1) is 0 Å². The van der Waals surface area contributed by atoms with Gasteiger partial charge in [-0.05, 0) is 32.0 Å². The Kier molecular flexibility index (Phi) is 5.01. The normalized spacial score (nSPS) is 21.7. The van der Waals surface area contributed by atoms with Crippen molar-refractivity contribution < 1.29 is 18.7 Å². The maximum atomic E-state index is 5.74. The van der Waals surface area contributed by atoms with Crippen molar-refractivity contribution in [3.8, 4) is 22.9 Å². The van der Waals surface area contributed by atoms with E-state index in [9.17, 15) is 0 Å². The molecule has 130 valence electrons. The maximum absolute atomic E-state index is 5.74. The molecule has 0 unspecified atom stereocenters. The third-order valence-corrected chi connectivity index (χ3v) is 3.96. The second-order valence-corrected chi connectivity index (χ2v) is 6.03. The van der Waals surface area contributed by atoms with Gasteiger partial charge < -0.3 is 18.7 Å². The van der Waals surface area contributed by atoms with Crippen LogP contribution in [-0.4, -0.2) is 54.6 Å². The Morgan fingerprint density at radius 3 is 2.50 bits per heavy atom. The average molecular weight is 333 g/mol. The second kappa shape index (κ2) is 7.19. The molecule has 1 aromatic carbocycles. The fraction of sp³-hybridized carbons (Fsp3) is 0.529. The van der Waals surface area contributed by atoms with E-state index in [1.165, 1.54) is 0 Å². The van der Waals surface area contributed by atoms with Crippen LogP contribution >= 0.6 is 0 Å². The van der Waals surface area contributed by atoms with E-state index in [0.29, 0.717) is 29.8 Å². The number of morpholine rings is 1. The van der Waals surface area contributed by atoms with Crippen molar-refractivity contribution >= 4 is 0 Å². The molecule has 1 aliphatic heterocycles. The molecular formula is C17H23N3O4. The zero-order chi connectivity index (χ0) is 17.1. The van der Waals surface area contributed by atoms with E-state index in [2.05, 4.69) is 28.9 Å². The Balaban J connectivity index is 1.73. The summed E-state index contributed by atoms with van der Waals surface area (Å²) in [6.45, 7) is 6.49. The van der Waals surface area contributed by atoms with Crippen molar-refractivity contribution in [2.45, 2.75) is 32.6 Å². The molecule has 7 heteroatoms. The average Bonchev–Trinajstić information content (AvgIpc) is 3.01. The van der Waals surface area contributed by atoms with E-state index in [-0.39, 0.29) is 12.2 Å². The van der Waals surface area contributed by atoms with Gasteiger partial charge in [0, 0.05) is 18.7 Å². The zero-order valence-corrected chi connectivity index (χ0v) is 14.5. The molecule has 2 heterocycles. The minimum atomic E-state index is 0.210. The van der Waals surface area contributed by atoms with E-state index < -0.39 is 0 Å². The summed E-state index contributed by atoms with van der Waals surface area (Å²) in [4.78, 5) is 6.77. The first-order valence-corrected chi connectivity index (χ1v) is 8.02. The highest BCUT2D eigenvalue weighted by Gasteiger charge is 2.24. The number of nitrogens with zero attached hydrogens (tertiary/aromatic N) is 3. The van der Waals surface area contributed by atoms with Crippen LogP contribution in [0.3, 0.4) is 0 Å². The molecule has 1 saturated heterocycles. The molecule has 0 bridgehead atoms. The zero-order valence-electron chi connectivity index (χ0n) is 14.5. The summed E-state index contributed by atoms with van der Waals surface area (Å²) in [5.41, 5.74) is 0.825. The van der Waals surface area contributed by atoms with Crippen LogP contribution in [-0.2, 0) is 11.3 Å². The second-order valence-electron chi connectivity index (χ2n) is 6.03. The lowest BCUT2D eigenvalue weighted by molar-refractivity contribution is -0.0725. The maximum Gasteiger partial charge on any atom is 0.241 e. The van der Waals surface area contributed by atoms with Crippen LogP contribution in [0, 0.1) is 0 Å². The molecule has 2 aromatic rings. The van der Waals surface area contributed by atoms with Gasteiger partial charge in [-0.3, -0.25) is 4.90 Å². The third-order valence-electron chi connectivity index (χ3n) is 3.96. The highest BCUT2D eigenvalue weighted by Crippen LogP contribution is 2.31. The van der Waals surface area contributed by atoms with Crippen LogP contribution in [0.15, 0.2) is 22.7 Å². The van der Waals surface area contributed by atoms with Crippen LogP contribution in [0.1, 0.15) is 19.7 Å². The van der Waals surface area contributed by atoms with Crippen molar-refractivity contribution in [1.29, 1.82) is 0 Å². The van der Waals surface area contributed by atoms with Crippen LogP contribution in [0.5, 0.6) is 11.5 Å². The molecule has 3 rings (SSSR count). The Bertz CT molecular complexity index is 678. The van der Waals surface area contributed by atoms with Crippen LogP contribution in [0.25, 0.3) is 11.4 Å². The van der Waals surface area contributed by atoms with Gasteiger partial charge in [0.1, 0.15) is 0 Å². The summed E-state index contributed by atoms with van der Waals surface area (Å²) in [5.74, 6) is 2.44. The number of ether oxygens (including phenoxy) is 3. The Morgan fingerprint density at radius 2 is 1.83 bits per heavy atom. The van der Waals surface area contributed by atoms with Gasteiger partial charge in [0.05, 0.1) is 33.0 Å². The fourth-order valence-corrected chi connectivity index (χ4v) is 3.02. The largest absolute Gasteiger partial charge is 0.493 e. The molecule has 0 aliphatic carbocycles. The van der Waals surface area contributed by atoms with E-state index in [1.807, 2.05) is 18.2 Å². The summed E-state index contributed by atoms with van der Waals surface area (Å²) in [6.07, 6.45) is 0.420. The minimum Gasteiger partial charge on any atom is -0.493 e. The lowest BCUT2D eigenvalue weighted by Crippen LogP contribution is -2.44. The van der Waals surface area contributed by atoms with Crippen molar-refractivity contribution in [2.24, 2.45) is 0 Å². The monoisotopic (exact) mass is 333 g/mol. The highest BCUT2D eigenvalue weighted by atomic mass is 16.5. The molecule has 1 fully saturated rings. The Morgan fingerprint density at radius 1 is 1.12 bits per heavy atom. The first kappa shape index (κ1) is 16.7. The van der Waals surface area contributed by atoms with E-state index >= 15 is 0 Å². The van der Waals surface area contributed by atoms with E-state index in [4.69, 9.17) is 18.7 Å². The first-order chi connectivity index (χ1) is 11.6. The van der Waals surface area contributed by atoms with Gasteiger partial charge in [0.2, 0.25) is 11.7 Å². The van der Waals surface area contributed by atoms with Gasteiger partial charge in [-0.1, -0.05) is 5.16 Å². The molecule has 0 saturated carbocycles. The highest BCUT2D eigenvalue weighted by molar-refractivity contribution is 5.60. The summed E-state index contributed by atoms with van der Waals surface area (Å²) in [5, 5.41) is 4.08. The molecule has 0 spiro atoms. The molecular weight excluding hydrogens is 310 g/mol. The van der Waals surface area contributed by atoms with Crippen molar-refractivity contribution in [2.75, 3.05) is 27.3 Å². The molecule has 0 N–H and O–H groups in total. The molecule has 24 heavy (non-hydrogen) atoms. The lowest BCUT2D eigenvalue weighted by atomic mass is 10.2. The van der Waals surface area contributed by atoms with Gasteiger partial charge in [-0.25, -0.2) is 0 Å². The van der Waals surface area contributed by atoms with Crippen molar-refractivity contribution in [1.82, 2.24) is 15.0 Å². The van der Waals surface area contributed by atoms with Crippen molar-refractivity contribution in [3.63, 3.8) is 0 Å². The van der Waals surface area contributed by atoms with Gasteiger partial charge in [-0.2, -0.15) is 4.98 Å². The predicted molar refractivity (Wildman–Crippen MR) is 88.1 cm³/mol. The third kappa shape index (κ3) is 3.68. The van der Waals surface area contributed by atoms with Gasteiger partial charge in [0.25, 0.3) is 0 Å². The van der Waals surface area contributed by atoms with Crippen molar-refractivity contribution in [3.05, 3.63) is 24.1 Å². The van der Waals surface area contributed by atoms with Gasteiger partial charge in [0.15, 0.2) is 11.5 Å². The number of aromatic nitrogens is 2. The molecule has 0 amide bonds. The number of hydrogen-bond donors (Lipinski definition) is 0. The smallest absolute Gasteiger partial charge is 0.241 e. The number of hydrogen-bond acceptors (Lipinski definition) is 7. The summed E-state index contributed by atoms with van der Waals surface area (Å²) < 4.78 is 21.7. The van der Waals surface area contributed by atoms with Crippen LogP contribution in [0.4, 0.5) is 0 Å². The van der Waals surface area contributed by atoms with Crippen LogP contribution in [0.2, 0.25) is 0 Å². The number of methoxy groups -OCH3 is 2. The fourth-order valence-electron chi connectivity index (χ4n) is 3.02. The van der Waals surface area contributed by atoms with Crippen LogP contribution < -0.4 is 9.47 Å². The minimum absolute atomic E-state index is 0.210. The predicted octanol–water partition coefficient (Wildman–Crippen LogP) is 2.36. The number of rotatable bonds is 5. The van der Waals surface area contributed by atoms with E-state index in [0.717, 1.165) is 18.7 Å². The van der Waals surface area contributed by atoms with Gasteiger partial charge >= 0.3 is 0 Å². The Hall–Kier alpha value is -2.12. The standard InChI is InChI=1S/C17H23N3O4/c1-11-8-20(9-12(2)23-11)10-16-18-17(19-24-16)13-5-6-14(21-3)15(7-13)22-4/h5-7,11-12H,8-10H2,1-4H3/t11-,12+. The summed E-state index contributed by atoms with van der Waals surface area (Å²) >= 11 is 0. The van der Waals surface area contributed by atoms with E-state index in [1.54, 1.807) is 14.2 Å². The molecule has 1 aliphatic rings. The molecule has 7 nitrogen and oxygen atoms in total. The topological polar surface area (TPSA) is 69.9 Å². The first-order valence-electron chi connectivity index (χ1n) is 8.02. The molecule has 2 atom stereocenters. The summed E-state index contributed by atoms with van der Waals surface area (Å²) in [6, 6.07) is 5.55. The molecule has 0 radical (unpaired) electrons. The molecule has 1 aromatic heterocycles. The lowest BCUT2D eigenvalue weighted by Gasteiger charge is -2.34. The summed E-state index contributed by atoms with van der Waals surface area (Å²) in [7, 11) is 3.21. The SMILES string of the molecule is COc1ccc(-c2noc(CN3C[C@@H](C)O[C@@H](C)C3)n2)cc1OC. The quantitative estimate of drug-likeness (QED) is 0.832. The number of benzene rings is 1.